The van der Waals surface area contributed by atoms with Gasteiger partial charge in [-0.2, -0.15) is 4.21 Å². The lowest BCUT2D eigenvalue weighted by atomic mass is 9.91. The van der Waals surface area contributed by atoms with Gasteiger partial charge in [0.1, 0.15) is 30.2 Å². The average molecular weight is 346 g/mol. The lowest BCUT2D eigenvalue weighted by molar-refractivity contribution is 0.0869. The number of hydrogen-bond acceptors (Lipinski definition) is 4. The van der Waals surface area contributed by atoms with Crippen molar-refractivity contribution in [2.45, 2.75) is 32.3 Å². The van der Waals surface area contributed by atoms with Crippen LogP contribution in [-0.4, -0.2) is 30.4 Å². The summed E-state index contributed by atoms with van der Waals surface area (Å²) in [7, 11) is 1.70. The average Bonchev–Trinajstić information content (AvgIpc) is 2.91. The Balaban J connectivity index is 0.000000322. The highest BCUT2D eigenvalue weighted by Gasteiger charge is 2.43. The van der Waals surface area contributed by atoms with Crippen LogP contribution in [-0.2, 0) is 25.3 Å². The van der Waals surface area contributed by atoms with Gasteiger partial charge in [-0.1, -0.05) is 19.9 Å². The van der Waals surface area contributed by atoms with E-state index in [1.54, 1.807) is 14.0 Å². The van der Waals surface area contributed by atoms with Crippen LogP contribution in [0.4, 0.5) is 8.78 Å². The van der Waals surface area contributed by atoms with Crippen LogP contribution in [0.15, 0.2) is 28.2 Å². The maximum absolute atomic E-state index is 13.6. The summed E-state index contributed by atoms with van der Waals surface area (Å²) in [6.07, 6.45) is 4.71. The van der Waals surface area contributed by atoms with E-state index in [-0.39, 0.29) is 12.2 Å². The van der Waals surface area contributed by atoms with Gasteiger partial charge >= 0.3 is 11.4 Å². The molecule has 1 aliphatic rings. The van der Waals surface area contributed by atoms with Crippen molar-refractivity contribution in [3.05, 3.63) is 35.4 Å². The predicted octanol–water partition coefficient (Wildman–Crippen LogP) is 3.32. The molecule has 1 saturated heterocycles. The second-order valence-corrected chi connectivity index (χ2v) is 5.45. The van der Waals surface area contributed by atoms with Crippen molar-refractivity contribution in [1.82, 2.24) is 0 Å². The summed E-state index contributed by atoms with van der Waals surface area (Å²) in [6.45, 7) is 3.79. The Hall–Kier alpha value is -1.51. The van der Waals surface area contributed by atoms with Gasteiger partial charge in [-0.3, -0.25) is 13.4 Å². The van der Waals surface area contributed by atoms with E-state index in [0.717, 1.165) is 18.6 Å². The molecule has 0 spiro atoms. The highest BCUT2D eigenvalue weighted by molar-refractivity contribution is 7.75. The lowest BCUT2D eigenvalue weighted by Gasteiger charge is -2.23. The molecule has 0 aromatic heterocycles. The monoisotopic (exact) mass is 346 g/mol. The van der Waals surface area contributed by atoms with Crippen molar-refractivity contribution in [3.63, 3.8) is 0 Å². The normalized spacial score (nSPS) is 24.1. The standard InChI is InChI=1S/C10H10F2O3S.C5H10N2/c1-2-10(6-14-16(13)15-10)8-4-3-7(11)5-9(8)12;1-3-4-7-5-6-2/h3-5H,2,6H2,1H3;4-5H,3H2,1-2H3. The van der Waals surface area contributed by atoms with Gasteiger partial charge in [-0.25, -0.2) is 13.8 Å². The minimum Gasteiger partial charge on any atom is -0.277 e. The summed E-state index contributed by atoms with van der Waals surface area (Å²) in [6, 6.07) is 3.21. The Labute approximate surface area is 137 Å². The summed E-state index contributed by atoms with van der Waals surface area (Å²) in [5.74, 6) is -1.38. The molecule has 0 saturated carbocycles. The number of hydrogen-bond donors (Lipinski definition) is 0. The first-order valence-corrected chi connectivity index (χ1v) is 8.11. The van der Waals surface area contributed by atoms with Gasteiger partial charge in [0.15, 0.2) is 0 Å². The molecule has 0 radical (unpaired) electrons. The van der Waals surface area contributed by atoms with E-state index in [4.69, 9.17) is 8.37 Å². The van der Waals surface area contributed by atoms with Crippen LogP contribution in [0.1, 0.15) is 32.3 Å². The van der Waals surface area contributed by atoms with E-state index in [1.807, 2.05) is 13.1 Å². The first-order chi connectivity index (χ1) is 11.0. The molecule has 0 amide bonds. The maximum Gasteiger partial charge on any atom is 0.305 e. The Morgan fingerprint density at radius 2 is 2.13 bits per heavy atom. The Morgan fingerprint density at radius 1 is 1.39 bits per heavy atom. The second kappa shape index (κ2) is 9.59. The largest absolute Gasteiger partial charge is 0.305 e. The minimum atomic E-state index is -1.87. The summed E-state index contributed by atoms with van der Waals surface area (Å²) < 4.78 is 47.3. The molecule has 0 N–H and O–H groups in total. The van der Waals surface area contributed by atoms with E-state index in [2.05, 4.69) is 9.98 Å². The number of benzene rings is 1. The van der Waals surface area contributed by atoms with Crippen molar-refractivity contribution < 1.29 is 21.4 Å². The fourth-order valence-corrected chi connectivity index (χ4v) is 2.72. The molecule has 1 fully saturated rings. The topological polar surface area (TPSA) is 60.2 Å². The van der Waals surface area contributed by atoms with Crippen LogP contribution in [0.3, 0.4) is 0 Å². The van der Waals surface area contributed by atoms with Gasteiger partial charge in [0.05, 0.1) is 0 Å². The number of rotatable bonds is 4. The van der Waals surface area contributed by atoms with Crippen molar-refractivity contribution in [3.8, 4) is 0 Å². The quantitative estimate of drug-likeness (QED) is 0.621. The zero-order valence-corrected chi connectivity index (χ0v) is 14.1. The third-order valence-corrected chi connectivity index (χ3v) is 3.84. The first kappa shape index (κ1) is 19.5. The molecule has 8 heteroatoms. The smallest absolute Gasteiger partial charge is 0.277 e. The molecule has 0 aliphatic carbocycles. The van der Waals surface area contributed by atoms with Crippen LogP contribution < -0.4 is 0 Å². The molecule has 0 bridgehead atoms. The summed E-state index contributed by atoms with van der Waals surface area (Å²) in [5, 5.41) is 0. The van der Waals surface area contributed by atoms with Crippen molar-refractivity contribution in [1.29, 1.82) is 0 Å². The van der Waals surface area contributed by atoms with E-state index < -0.39 is 28.6 Å². The molecule has 1 heterocycles. The van der Waals surface area contributed by atoms with Gasteiger partial charge in [0.2, 0.25) is 0 Å². The summed E-state index contributed by atoms with van der Waals surface area (Å²) >= 11 is -1.87. The molecule has 1 aromatic rings. The molecule has 1 aliphatic heterocycles. The molecule has 2 atom stereocenters. The van der Waals surface area contributed by atoms with Gasteiger partial charge in [0.25, 0.3) is 0 Å². The van der Waals surface area contributed by atoms with E-state index in [9.17, 15) is 13.0 Å². The molecule has 23 heavy (non-hydrogen) atoms. The SMILES string of the molecule is CCC1(c2ccc(F)cc2F)COS(=O)O1.CCC=NC=NC. The molecule has 2 rings (SSSR count). The van der Waals surface area contributed by atoms with Crippen LogP contribution in [0.5, 0.6) is 0 Å². The highest BCUT2D eigenvalue weighted by Crippen LogP contribution is 2.37. The van der Waals surface area contributed by atoms with E-state index in [0.29, 0.717) is 6.42 Å². The van der Waals surface area contributed by atoms with Crippen LogP contribution in [0, 0.1) is 11.6 Å². The summed E-state index contributed by atoms with van der Waals surface area (Å²) in [4.78, 5) is 7.44. The van der Waals surface area contributed by atoms with Crippen LogP contribution in [0.2, 0.25) is 0 Å². The lowest BCUT2D eigenvalue weighted by Crippen LogP contribution is -2.28. The zero-order valence-electron chi connectivity index (χ0n) is 13.3. The Kier molecular flexibility index (Phi) is 8.15. The predicted molar refractivity (Wildman–Crippen MR) is 86.7 cm³/mol. The van der Waals surface area contributed by atoms with Gasteiger partial charge in [-0.05, 0) is 18.9 Å². The number of halogens is 2. The summed E-state index contributed by atoms with van der Waals surface area (Å²) in [5.41, 5.74) is -0.912. The molecule has 1 aromatic carbocycles. The molecule has 128 valence electrons. The van der Waals surface area contributed by atoms with Crippen LogP contribution in [0.25, 0.3) is 0 Å². The third-order valence-electron chi connectivity index (χ3n) is 3.08. The Morgan fingerprint density at radius 3 is 2.61 bits per heavy atom. The second-order valence-electron chi connectivity index (χ2n) is 4.64. The van der Waals surface area contributed by atoms with Crippen molar-refractivity contribution >= 4 is 23.9 Å². The van der Waals surface area contributed by atoms with Crippen molar-refractivity contribution in [2.75, 3.05) is 13.7 Å². The number of aliphatic imine (C=N–C) groups is 2. The minimum absolute atomic E-state index is 0.00133. The molecular weight excluding hydrogens is 326 g/mol. The fraction of sp³-hybridized carbons (Fsp3) is 0.467. The molecule has 5 nitrogen and oxygen atoms in total. The van der Waals surface area contributed by atoms with Gasteiger partial charge < -0.3 is 0 Å². The maximum atomic E-state index is 13.6. The zero-order chi connectivity index (χ0) is 17.3. The van der Waals surface area contributed by atoms with Crippen molar-refractivity contribution in [2.24, 2.45) is 9.98 Å². The van der Waals surface area contributed by atoms with Gasteiger partial charge in [-0.15, -0.1) is 0 Å². The number of nitrogens with zero attached hydrogens (tertiary/aromatic N) is 2. The highest BCUT2D eigenvalue weighted by atomic mass is 32.2. The molecule has 2 unspecified atom stereocenters. The third kappa shape index (κ3) is 5.56. The van der Waals surface area contributed by atoms with E-state index >= 15 is 0 Å². The van der Waals surface area contributed by atoms with E-state index in [1.165, 1.54) is 12.4 Å². The fourth-order valence-electron chi connectivity index (χ4n) is 1.87. The van der Waals surface area contributed by atoms with Crippen LogP contribution >= 0.6 is 0 Å². The first-order valence-electron chi connectivity index (χ1n) is 7.11. The Bertz CT molecular complexity index is 596. The van der Waals surface area contributed by atoms with Gasteiger partial charge in [0, 0.05) is 24.9 Å². The molecular formula is C15H20F2N2O3S.